The Morgan fingerprint density at radius 3 is 2.80 bits per heavy atom. The average molecular weight is 442 g/mol. The molecule has 3 aromatic rings. The van der Waals surface area contributed by atoms with E-state index in [9.17, 15) is 18.8 Å². The summed E-state index contributed by atoms with van der Waals surface area (Å²) in [6, 6.07) is 4.14. The third-order valence-corrected chi connectivity index (χ3v) is 5.21. The quantitative estimate of drug-likeness (QED) is 0.294. The van der Waals surface area contributed by atoms with Crippen LogP contribution >= 0.6 is 11.3 Å². The number of esters is 1. The molecule has 0 aliphatic carbocycles. The van der Waals surface area contributed by atoms with Gasteiger partial charge in [0.25, 0.3) is 0 Å². The van der Waals surface area contributed by atoms with Crippen molar-refractivity contribution >= 4 is 40.0 Å². The minimum atomic E-state index is -0.965. The minimum absolute atomic E-state index is 0. The normalized spacial score (nSPS) is 11.7. The predicted molar refractivity (Wildman–Crippen MR) is 106 cm³/mol. The van der Waals surface area contributed by atoms with Crippen molar-refractivity contribution in [3.8, 4) is 0 Å². The molecule has 0 aliphatic heterocycles. The number of hydrogen-bond donors (Lipinski definition) is 2. The number of aliphatic carboxylic acids is 1. The number of carboxylic acid groups (broad SMARTS) is 1. The van der Waals surface area contributed by atoms with E-state index in [0.717, 1.165) is 11.3 Å². The van der Waals surface area contributed by atoms with Gasteiger partial charge in [0.15, 0.2) is 5.01 Å². The number of rotatable bonds is 9. The molecule has 0 amide bonds. The second-order valence-corrected chi connectivity index (χ2v) is 7.29. The number of nitrogens with one attached hydrogen (secondary N) is 1. The number of aromatic nitrogens is 2. The van der Waals surface area contributed by atoms with Crippen LogP contribution in [0.4, 0.5) is 4.39 Å². The summed E-state index contributed by atoms with van der Waals surface area (Å²) in [6.45, 7) is 1.82. The molecular formula is C20H20FN2NaO5S. The summed E-state index contributed by atoms with van der Waals surface area (Å²) in [5.74, 6) is -2.17. The fourth-order valence-corrected chi connectivity index (χ4v) is 3.71. The zero-order valence-electron chi connectivity index (χ0n) is 17.6. The molecule has 2 N–H and O–H groups in total. The van der Waals surface area contributed by atoms with Crippen molar-refractivity contribution in [1.29, 1.82) is 0 Å². The van der Waals surface area contributed by atoms with E-state index in [4.69, 9.17) is 9.84 Å². The predicted octanol–water partition coefficient (Wildman–Crippen LogP) is 1.36. The van der Waals surface area contributed by atoms with Crippen LogP contribution in [-0.2, 0) is 14.3 Å². The van der Waals surface area contributed by atoms with Gasteiger partial charge in [-0.05, 0) is 31.0 Å². The van der Waals surface area contributed by atoms with Crippen LogP contribution in [0.5, 0.6) is 0 Å². The molecule has 2 heterocycles. The van der Waals surface area contributed by atoms with Crippen LogP contribution in [0.2, 0.25) is 0 Å². The van der Waals surface area contributed by atoms with Crippen LogP contribution in [0.3, 0.4) is 0 Å². The first kappa shape index (κ1) is 24.2. The number of carbonyl (C=O) groups excluding carboxylic acids is 2. The van der Waals surface area contributed by atoms with Crippen LogP contribution < -0.4 is 29.6 Å². The van der Waals surface area contributed by atoms with Gasteiger partial charge in [0.1, 0.15) is 11.9 Å². The maximum absolute atomic E-state index is 13.3. The second-order valence-electron chi connectivity index (χ2n) is 6.43. The Bertz CT molecular complexity index is 1070. The maximum Gasteiger partial charge on any atom is 1.00 e. The second kappa shape index (κ2) is 10.8. The van der Waals surface area contributed by atoms with Gasteiger partial charge in [-0.2, -0.15) is 0 Å². The van der Waals surface area contributed by atoms with Gasteiger partial charge in [-0.3, -0.25) is 14.4 Å². The van der Waals surface area contributed by atoms with Crippen molar-refractivity contribution in [2.24, 2.45) is 0 Å². The zero-order valence-corrected chi connectivity index (χ0v) is 19.4. The van der Waals surface area contributed by atoms with Crippen LogP contribution in [0, 0.1) is 5.82 Å². The van der Waals surface area contributed by atoms with Crippen molar-refractivity contribution in [3.05, 3.63) is 51.9 Å². The first-order valence-corrected chi connectivity index (χ1v) is 9.95. The molecule has 0 bridgehead atoms. The van der Waals surface area contributed by atoms with Gasteiger partial charge in [-0.15, -0.1) is 11.3 Å². The number of thiazole rings is 1. The molecule has 1 atom stereocenters. The Hall–Kier alpha value is -2.07. The fourth-order valence-electron chi connectivity index (χ4n) is 2.89. The Morgan fingerprint density at radius 1 is 1.33 bits per heavy atom. The summed E-state index contributed by atoms with van der Waals surface area (Å²) in [4.78, 5) is 42.5. The van der Waals surface area contributed by atoms with E-state index in [-0.39, 0.29) is 61.0 Å². The van der Waals surface area contributed by atoms with Crippen LogP contribution in [0.25, 0.3) is 10.9 Å². The number of H-pyrrole nitrogens is 1. The third kappa shape index (κ3) is 5.75. The van der Waals surface area contributed by atoms with Crippen LogP contribution in [0.15, 0.2) is 29.8 Å². The molecule has 1 unspecified atom stereocenters. The van der Waals surface area contributed by atoms with Gasteiger partial charge < -0.3 is 16.3 Å². The SMILES string of the molecule is CCC(OC(=O)CCCC(=O)O)c1csc(C(=O)c2c[nH]c3cc(F)ccc23)n1.[H-].[Na+]. The number of halogens is 1. The van der Waals surface area contributed by atoms with Gasteiger partial charge >= 0.3 is 41.5 Å². The number of fused-ring (bicyclic) bond motifs is 1. The molecule has 0 radical (unpaired) electrons. The van der Waals surface area contributed by atoms with Crippen molar-refractivity contribution in [3.63, 3.8) is 0 Å². The molecule has 3 rings (SSSR count). The Labute approximate surface area is 199 Å². The molecule has 2 aromatic heterocycles. The number of ketones is 1. The smallest absolute Gasteiger partial charge is 1.00 e. The molecule has 154 valence electrons. The number of carboxylic acids is 1. The van der Waals surface area contributed by atoms with Gasteiger partial charge in [0.05, 0.1) is 11.3 Å². The first-order valence-electron chi connectivity index (χ1n) is 9.07. The Morgan fingerprint density at radius 2 is 2.10 bits per heavy atom. The minimum Gasteiger partial charge on any atom is -1.00 e. The summed E-state index contributed by atoms with van der Waals surface area (Å²) >= 11 is 1.14. The van der Waals surface area contributed by atoms with Crippen molar-refractivity contribution in [2.45, 2.75) is 38.7 Å². The summed E-state index contributed by atoms with van der Waals surface area (Å²) in [5, 5.41) is 11.1. The van der Waals surface area contributed by atoms with Gasteiger partial charge in [0.2, 0.25) is 5.78 Å². The number of carbonyl (C=O) groups is 3. The zero-order chi connectivity index (χ0) is 21.0. The van der Waals surface area contributed by atoms with Gasteiger partial charge in [-0.25, -0.2) is 9.37 Å². The van der Waals surface area contributed by atoms with Crippen LogP contribution in [-0.4, -0.2) is 32.8 Å². The molecule has 0 saturated heterocycles. The summed E-state index contributed by atoms with van der Waals surface area (Å²) < 4.78 is 18.7. The molecule has 0 spiro atoms. The summed E-state index contributed by atoms with van der Waals surface area (Å²) in [5.41, 5.74) is 1.38. The Balaban J connectivity index is 0.00000240. The molecule has 30 heavy (non-hydrogen) atoms. The fraction of sp³-hybridized carbons (Fsp3) is 0.300. The Kier molecular flexibility index (Phi) is 8.72. The molecule has 0 fully saturated rings. The maximum atomic E-state index is 13.3. The number of ether oxygens (including phenoxy) is 1. The number of benzene rings is 1. The molecule has 0 saturated carbocycles. The topological polar surface area (TPSA) is 109 Å². The molecule has 1 aromatic carbocycles. The van der Waals surface area contributed by atoms with Gasteiger partial charge in [0, 0.05) is 35.3 Å². The van der Waals surface area contributed by atoms with E-state index >= 15 is 0 Å². The average Bonchev–Trinajstić information content (AvgIpc) is 3.32. The van der Waals surface area contributed by atoms with E-state index in [1.807, 2.05) is 6.92 Å². The molecular weight excluding hydrogens is 422 g/mol. The van der Waals surface area contributed by atoms with E-state index in [0.29, 0.717) is 28.6 Å². The van der Waals surface area contributed by atoms with E-state index in [2.05, 4.69) is 9.97 Å². The third-order valence-electron chi connectivity index (χ3n) is 4.35. The molecule has 10 heteroatoms. The van der Waals surface area contributed by atoms with Crippen molar-refractivity contribution < 1.29 is 59.6 Å². The van der Waals surface area contributed by atoms with Crippen LogP contribution in [0.1, 0.15) is 61.2 Å². The number of hydrogen-bond acceptors (Lipinski definition) is 6. The van der Waals surface area contributed by atoms with Gasteiger partial charge in [-0.1, -0.05) is 6.92 Å². The number of nitrogens with zero attached hydrogens (tertiary/aromatic N) is 1. The van der Waals surface area contributed by atoms with Crippen molar-refractivity contribution in [2.75, 3.05) is 0 Å². The number of aromatic amines is 1. The summed E-state index contributed by atoms with van der Waals surface area (Å²) in [7, 11) is 0. The van der Waals surface area contributed by atoms with E-state index < -0.39 is 23.9 Å². The monoisotopic (exact) mass is 442 g/mol. The van der Waals surface area contributed by atoms with Crippen molar-refractivity contribution in [1.82, 2.24) is 9.97 Å². The largest absolute Gasteiger partial charge is 1.00 e. The van der Waals surface area contributed by atoms with E-state index in [1.54, 1.807) is 5.38 Å². The molecule has 0 aliphatic rings. The van der Waals surface area contributed by atoms with E-state index in [1.165, 1.54) is 24.4 Å². The molecule has 7 nitrogen and oxygen atoms in total. The first-order chi connectivity index (χ1) is 13.9. The standard InChI is InChI=1S/C20H19FN2O5S.Na.H/c1-2-16(28-18(26)5-3-4-17(24)25)15-10-29-20(23-15)19(27)13-9-22-14-8-11(21)6-7-12(13)14;;/h6-10,16,22H,2-5H2,1H3,(H,24,25);;/q;+1;-1. The summed E-state index contributed by atoms with van der Waals surface area (Å²) in [6.07, 6.45) is 1.48.